The van der Waals surface area contributed by atoms with Gasteiger partial charge in [-0.1, -0.05) is 0 Å². The highest BCUT2D eigenvalue weighted by Gasteiger charge is 2.51. The van der Waals surface area contributed by atoms with Gasteiger partial charge >= 0.3 is 0 Å². The van der Waals surface area contributed by atoms with E-state index in [0.29, 0.717) is 23.3 Å². The fourth-order valence-corrected chi connectivity index (χ4v) is 3.61. The van der Waals surface area contributed by atoms with Crippen molar-refractivity contribution in [2.45, 2.75) is 46.6 Å². The Balaban J connectivity index is 1.69. The van der Waals surface area contributed by atoms with Gasteiger partial charge < -0.3 is 10.2 Å². The Morgan fingerprint density at radius 2 is 1.86 bits per heavy atom. The zero-order valence-electron chi connectivity index (χ0n) is 13.6. The second-order valence-electron chi connectivity index (χ2n) is 6.99. The summed E-state index contributed by atoms with van der Waals surface area (Å²) < 4.78 is 14.2. The van der Waals surface area contributed by atoms with Crippen LogP contribution in [0.5, 0.6) is 0 Å². The molecule has 2 fully saturated rings. The zero-order valence-corrected chi connectivity index (χ0v) is 13.6. The molecule has 2 saturated heterocycles. The van der Waals surface area contributed by atoms with Crippen LogP contribution in [-0.2, 0) is 4.79 Å². The minimum Gasteiger partial charge on any atom is -0.354 e. The Labute approximate surface area is 130 Å². The number of aromatic nitrogens is 2. The van der Waals surface area contributed by atoms with Crippen molar-refractivity contribution in [2.75, 3.05) is 18.0 Å². The van der Waals surface area contributed by atoms with Crippen LogP contribution in [0.25, 0.3) is 0 Å². The maximum atomic E-state index is 14.2. The number of hydrogen-bond donors (Lipinski definition) is 1. The van der Waals surface area contributed by atoms with Crippen LogP contribution in [0.15, 0.2) is 0 Å². The number of carbonyl (C=O) groups excluding carboxylic acids is 1. The van der Waals surface area contributed by atoms with E-state index in [4.69, 9.17) is 0 Å². The molecule has 2 aliphatic rings. The number of aryl methyl sites for hydroxylation is 2. The number of nitrogens with zero attached hydrogens (tertiary/aromatic N) is 3. The zero-order chi connectivity index (χ0) is 16.1. The van der Waals surface area contributed by atoms with Crippen LogP contribution in [0.4, 0.5) is 10.2 Å². The van der Waals surface area contributed by atoms with Crippen LogP contribution < -0.4 is 10.2 Å². The van der Waals surface area contributed by atoms with Gasteiger partial charge in [-0.05, 0) is 46.5 Å². The molecule has 1 N–H and O–H groups in total. The third-order valence-corrected chi connectivity index (χ3v) is 5.07. The van der Waals surface area contributed by atoms with Gasteiger partial charge in [-0.3, -0.25) is 4.79 Å². The molecule has 1 aromatic heterocycles. The molecular weight excluding hydrogens is 283 g/mol. The largest absolute Gasteiger partial charge is 0.354 e. The third-order valence-electron chi connectivity index (χ3n) is 5.07. The summed E-state index contributed by atoms with van der Waals surface area (Å²) in [5.41, 5.74) is 0.122. The standard InChI is InChI=1S/C16H23FN4O/c1-9-12(17)14(19-10(2)18-9)21-7-5-11(6-8-21)13-16(3,4)15(22)20-13/h11,13H,5-8H2,1-4H3,(H,20,22)/t13-/m0/s1. The van der Waals surface area contributed by atoms with Crippen molar-refractivity contribution in [1.82, 2.24) is 15.3 Å². The summed E-state index contributed by atoms with van der Waals surface area (Å²) in [6, 6.07) is 0.237. The minimum atomic E-state index is -0.318. The summed E-state index contributed by atoms with van der Waals surface area (Å²) in [5, 5.41) is 3.03. The lowest BCUT2D eigenvalue weighted by Gasteiger charge is -2.50. The molecule has 6 heteroatoms. The van der Waals surface area contributed by atoms with Crippen LogP contribution in [0.2, 0.25) is 0 Å². The molecule has 22 heavy (non-hydrogen) atoms. The Kier molecular flexibility index (Phi) is 3.57. The predicted octanol–water partition coefficient (Wildman–Crippen LogP) is 1.97. The van der Waals surface area contributed by atoms with Gasteiger partial charge in [0.1, 0.15) is 5.82 Å². The van der Waals surface area contributed by atoms with E-state index in [0.717, 1.165) is 25.9 Å². The molecule has 0 unspecified atom stereocenters. The van der Waals surface area contributed by atoms with Gasteiger partial charge in [0.05, 0.1) is 11.1 Å². The fourth-order valence-electron chi connectivity index (χ4n) is 3.61. The van der Waals surface area contributed by atoms with Crippen LogP contribution in [0, 0.1) is 31.0 Å². The number of β-lactam (4-membered cyclic amide) rings is 1. The smallest absolute Gasteiger partial charge is 0.228 e. The topological polar surface area (TPSA) is 58.1 Å². The molecule has 0 aromatic carbocycles. The summed E-state index contributed by atoms with van der Waals surface area (Å²) in [4.78, 5) is 22.0. The fraction of sp³-hybridized carbons (Fsp3) is 0.688. The Morgan fingerprint density at radius 3 is 2.41 bits per heavy atom. The van der Waals surface area contributed by atoms with Gasteiger partial charge in [0.15, 0.2) is 11.6 Å². The van der Waals surface area contributed by atoms with Gasteiger partial charge in [0.2, 0.25) is 5.91 Å². The first-order chi connectivity index (χ1) is 10.3. The number of carbonyl (C=O) groups is 1. The number of piperidine rings is 1. The molecule has 0 aliphatic carbocycles. The molecule has 2 aliphatic heterocycles. The van der Waals surface area contributed by atoms with E-state index < -0.39 is 0 Å². The first-order valence-corrected chi connectivity index (χ1v) is 7.87. The van der Waals surface area contributed by atoms with E-state index in [1.165, 1.54) is 0 Å². The number of halogens is 1. The van der Waals surface area contributed by atoms with E-state index in [1.807, 2.05) is 18.7 Å². The SMILES string of the molecule is Cc1nc(C)c(F)c(N2CCC([C@@H]3NC(=O)C3(C)C)CC2)n1. The predicted molar refractivity (Wildman–Crippen MR) is 82.1 cm³/mol. The summed E-state index contributed by atoms with van der Waals surface area (Å²) in [5.74, 6) is 1.29. The van der Waals surface area contributed by atoms with Gasteiger partial charge in [-0.2, -0.15) is 0 Å². The van der Waals surface area contributed by atoms with E-state index in [2.05, 4.69) is 15.3 Å². The average Bonchev–Trinajstić information content (AvgIpc) is 2.48. The monoisotopic (exact) mass is 306 g/mol. The van der Waals surface area contributed by atoms with E-state index >= 15 is 0 Å². The number of rotatable bonds is 2. The summed E-state index contributed by atoms with van der Waals surface area (Å²) in [6.07, 6.45) is 1.88. The molecular formula is C16H23FN4O. The summed E-state index contributed by atoms with van der Waals surface area (Å²) >= 11 is 0. The quantitative estimate of drug-likeness (QED) is 0.849. The van der Waals surface area contributed by atoms with Crippen LogP contribution in [0.1, 0.15) is 38.2 Å². The second kappa shape index (κ2) is 5.18. The highest BCUT2D eigenvalue weighted by molar-refractivity contribution is 5.89. The number of anilines is 1. The molecule has 0 saturated carbocycles. The first kappa shape index (κ1) is 15.2. The minimum absolute atomic E-state index is 0.132. The molecule has 3 rings (SSSR count). The van der Waals surface area contributed by atoms with Crippen molar-refractivity contribution in [2.24, 2.45) is 11.3 Å². The van der Waals surface area contributed by atoms with Crippen LogP contribution in [-0.4, -0.2) is 35.0 Å². The lowest BCUT2D eigenvalue weighted by Crippen LogP contribution is -2.67. The summed E-state index contributed by atoms with van der Waals surface area (Å²) in [6.45, 7) is 8.99. The highest BCUT2D eigenvalue weighted by Crippen LogP contribution is 2.39. The van der Waals surface area contributed by atoms with Gasteiger partial charge in [0.25, 0.3) is 0 Å². The molecule has 1 atom stereocenters. The van der Waals surface area contributed by atoms with Gasteiger partial charge in [-0.15, -0.1) is 0 Å². The molecule has 3 heterocycles. The average molecular weight is 306 g/mol. The molecule has 5 nitrogen and oxygen atoms in total. The Bertz CT molecular complexity index is 608. The van der Waals surface area contributed by atoms with Crippen molar-refractivity contribution < 1.29 is 9.18 Å². The normalized spacial score (nSPS) is 24.9. The number of amides is 1. The van der Waals surface area contributed by atoms with Crippen molar-refractivity contribution in [3.8, 4) is 0 Å². The maximum Gasteiger partial charge on any atom is 0.228 e. The summed E-state index contributed by atoms with van der Waals surface area (Å²) in [7, 11) is 0. The highest BCUT2D eigenvalue weighted by atomic mass is 19.1. The van der Waals surface area contributed by atoms with Crippen molar-refractivity contribution in [1.29, 1.82) is 0 Å². The van der Waals surface area contributed by atoms with Crippen LogP contribution in [0.3, 0.4) is 0 Å². The Hall–Kier alpha value is -1.72. The second-order valence-corrected chi connectivity index (χ2v) is 6.99. The maximum absolute atomic E-state index is 14.2. The first-order valence-electron chi connectivity index (χ1n) is 7.87. The van der Waals surface area contributed by atoms with E-state index in [1.54, 1.807) is 13.8 Å². The van der Waals surface area contributed by atoms with Crippen molar-refractivity contribution >= 4 is 11.7 Å². The van der Waals surface area contributed by atoms with E-state index in [9.17, 15) is 9.18 Å². The molecule has 0 bridgehead atoms. The van der Waals surface area contributed by atoms with Gasteiger partial charge in [-0.25, -0.2) is 14.4 Å². The lowest BCUT2D eigenvalue weighted by atomic mass is 9.68. The van der Waals surface area contributed by atoms with Crippen molar-refractivity contribution in [3.63, 3.8) is 0 Å². The third kappa shape index (κ3) is 2.34. The Morgan fingerprint density at radius 1 is 1.23 bits per heavy atom. The number of hydrogen-bond acceptors (Lipinski definition) is 4. The molecule has 120 valence electrons. The number of nitrogens with one attached hydrogen (secondary N) is 1. The molecule has 1 aromatic rings. The molecule has 0 spiro atoms. The van der Waals surface area contributed by atoms with Gasteiger partial charge in [0, 0.05) is 19.1 Å². The van der Waals surface area contributed by atoms with Crippen LogP contribution >= 0.6 is 0 Å². The molecule has 1 amide bonds. The molecule has 0 radical (unpaired) electrons. The van der Waals surface area contributed by atoms with E-state index in [-0.39, 0.29) is 23.2 Å². The van der Waals surface area contributed by atoms with Crippen molar-refractivity contribution in [3.05, 3.63) is 17.3 Å². The lowest BCUT2D eigenvalue weighted by molar-refractivity contribution is -0.145.